The van der Waals surface area contributed by atoms with E-state index in [4.69, 9.17) is 9.47 Å². The molecule has 27 heavy (non-hydrogen) atoms. The lowest BCUT2D eigenvalue weighted by atomic mass is 10.0. The zero-order valence-electron chi connectivity index (χ0n) is 15.8. The lowest BCUT2D eigenvalue weighted by Gasteiger charge is -2.42. The first-order valence-corrected chi connectivity index (χ1v) is 10.4. The van der Waals surface area contributed by atoms with Crippen molar-refractivity contribution in [1.82, 2.24) is 9.21 Å². The van der Waals surface area contributed by atoms with Crippen LogP contribution in [0.3, 0.4) is 0 Å². The van der Waals surface area contributed by atoms with Crippen molar-refractivity contribution >= 4 is 22.7 Å². The molecule has 148 valence electrons. The molecule has 0 bridgehead atoms. The highest BCUT2D eigenvalue weighted by molar-refractivity contribution is 7.82. The highest BCUT2D eigenvalue weighted by atomic mass is 32.2. The Morgan fingerprint density at radius 3 is 2.44 bits per heavy atom. The number of hydrogen-bond acceptors (Lipinski definition) is 6. The van der Waals surface area contributed by atoms with Crippen LogP contribution in [0, 0.1) is 0 Å². The summed E-state index contributed by atoms with van der Waals surface area (Å²) in [5.41, 5.74) is 0.0466. The van der Waals surface area contributed by atoms with Gasteiger partial charge in [-0.2, -0.15) is 4.31 Å². The quantitative estimate of drug-likeness (QED) is 0.539. The van der Waals surface area contributed by atoms with E-state index < -0.39 is 16.7 Å². The smallest absolute Gasteiger partial charge is 0.320 e. The topological polar surface area (TPSA) is 76.2 Å². The maximum atomic E-state index is 13.1. The Labute approximate surface area is 162 Å². The van der Waals surface area contributed by atoms with Crippen molar-refractivity contribution in [3.63, 3.8) is 0 Å². The first kappa shape index (κ1) is 20.1. The average molecular weight is 394 g/mol. The first-order valence-electron chi connectivity index (χ1n) is 9.27. The highest BCUT2D eigenvalue weighted by Gasteiger charge is 2.47. The molecule has 3 rings (SSSR count). The second-order valence-corrected chi connectivity index (χ2v) is 8.22. The van der Waals surface area contributed by atoms with Crippen LogP contribution in [0.2, 0.25) is 0 Å². The minimum absolute atomic E-state index is 0.0118. The van der Waals surface area contributed by atoms with E-state index in [1.807, 2.05) is 9.21 Å². The second-order valence-electron chi connectivity index (χ2n) is 6.81. The predicted octanol–water partition coefficient (Wildman–Crippen LogP) is 1.60. The molecule has 2 aliphatic rings. The van der Waals surface area contributed by atoms with E-state index in [9.17, 15) is 13.8 Å². The molecule has 1 aromatic carbocycles. The standard InChI is InChI=1S/C19H26N2O5S/c1-3-25-18(23)14-20-10-8-19(9-11-20)21(12-13-26-19)27(24)17-6-4-16(5-7-17)15(2)22/h4-7H,3,8-14H2,1-2H3. The van der Waals surface area contributed by atoms with Gasteiger partial charge in [-0.25, -0.2) is 4.21 Å². The molecule has 0 saturated carbocycles. The summed E-state index contributed by atoms with van der Waals surface area (Å²) in [5, 5.41) is 0. The van der Waals surface area contributed by atoms with Crippen LogP contribution in [0.15, 0.2) is 29.2 Å². The zero-order chi connectivity index (χ0) is 19.4. The Morgan fingerprint density at radius 2 is 1.85 bits per heavy atom. The van der Waals surface area contributed by atoms with Gasteiger partial charge in [0.15, 0.2) is 5.78 Å². The number of carbonyl (C=O) groups excluding carboxylic acids is 2. The number of nitrogens with zero attached hydrogens (tertiary/aromatic N) is 2. The van der Waals surface area contributed by atoms with Crippen molar-refractivity contribution in [2.24, 2.45) is 0 Å². The van der Waals surface area contributed by atoms with E-state index in [0.717, 1.165) is 0 Å². The van der Waals surface area contributed by atoms with Crippen LogP contribution in [0.25, 0.3) is 0 Å². The maximum absolute atomic E-state index is 13.1. The summed E-state index contributed by atoms with van der Waals surface area (Å²) in [5.74, 6) is -0.228. The number of Topliss-reactive ketones (excluding diaryl/α,β-unsaturated/α-hetero) is 1. The molecule has 2 aliphatic heterocycles. The summed E-state index contributed by atoms with van der Waals surface area (Å²) in [7, 11) is -1.36. The van der Waals surface area contributed by atoms with Gasteiger partial charge < -0.3 is 9.47 Å². The van der Waals surface area contributed by atoms with Crippen molar-refractivity contribution < 1.29 is 23.3 Å². The molecule has 8 heteroatoms. The molecule has 1 spiro atoms. The molecule has 2 saturated heterocycles. The summed E-state index contributed by atoms with van der Waals surface area (Å²) in [6.45, 7) is 6.49. The van der Waals surface area contributed by atoms with Gasteiger partial charge >= 0.3 is 5.97 Å². The monoisotopic (exact) mass is 394 g/mol. The number of ketones is 1. The van der Waals surface area contributed by atoms with Gasteiger partial charge in [0, 0.05) is 38.0 Å². The van der Waals surface area contributed by atoms with Gasteiger partial charge in [-0.05, 0) is 26.0 Å². The maximum Gasteiger partial charge on any atom is 0.320 e. The number of benzene rings is 1. The fourth-order valence-corrected chi connectivity index (χ4v) is 5.01. The van der Waals surface area contributed by atoms with Crippen LogP contribution in [0.4, 0.5) is 0 Å². The molecule has 1 aromatic rings. The van der Waals surface area contributed by atoms with Crippen LogP contribution in [0.1, 0.15) is 37.0 Å². The minimum atomic E-state index is -1.36. The molecule has 0 radical (unpaired) electrons. The Kier molecular flexibility index (Phi) is 6.41. The SMILES string of the molecule is CCOC(=O)CN1CCC2(CC1)OCCN2S(=O)c1ccc(C(C)=O)cc1. The summed E-state index contributed by atoms with van der Waals surface area (Å²) in [4.78, 5) is 25.8. The summed E-state index contributed by atoms with van der Waals surface area (Å²) >= 11 is 0. The lowest BCUT2D eigenvalue weighted by Crippen LogP contribution is -2.54. The third kappa shape index (κ3) is 4.45. The van der Waals surface area contributed by atoms with Crippen molar-refractivity contribution in [2.45, 2.75) is 37.3 Å². The van der Waals surface area contributed by atoms with Gasteiger partial charge in [-0.1, -0.05) is 12.1 Å². The molecule has 0 aliphatic carbocycles. The van der Waals surface area contributed by atoms with Gasteiger partial charge in [-0.3, -0.25) is 14.5 Å². The number of hydrogen-bond donors (Lipinski definition) is 0. The van der Waals surface area contributed by atoms with Crippen molar-refractivity contribution in [3.8, 4) is 0 Å². The van der Waals surface area contributed by atoms with E-state index >= 15 is 0 Å². The van der Waals surface area contributed by atoms with E-state index in [2.05, 4.69) is 0 Å². The van der Waals surface area contributed by atoms with Crippen LogP contribution in [-0.4, -0.2) is 70.3 Å². The Balaban J connectivity index is 1.65. The van der Waals surface area contributed by atoms with E-state index in [1.165, 1.54) is 6.92 Å². The van der Waals surface area contributed by atoms with Gasteiger partial charge in [0.1, 0.15) is 16.7 Å². The third-order valence-corrected chi connectivity index (χ3v) is 6.67. The number of esters is 1. The van der Waals surface area contributed by atoms with Crippen molar-refractivity contribution in [3.05, 3.63) is 29.8 Å². The van der Waals surface area contributed by atoms with E-state index in [0.29, 0.717) is 56.1 Å². The molecule has 1 atom stereocenters. The number of piperidine rings is 1. The Bertz CT molecular complexity index is 713. The normalized spacial score (nSPS) is 21.3. The molecule has 1 unspecified atom stereocenters. The third-order valence-electron chi connectivity index (χ3n) is 5.08. The molecule has 2 fully saturated rings. The number of ether oxygens (including phenoxy) is 2. The zero-order valence-corrected chi connectivity index (χ0v) is 16.6. The average Bonchev–Trinajstić information content (AvgIpc) is 3.06. The number of carbonyl (C=O) groups is 2. The van der Waals surface area contributed by atoms with E-state index in [-0.39, 0.29) is 18.3 Å². The first-order chi connectivity index (χ1) is 12.9. The molecule has 2 heterocycles. The molecule has 0 N–H and O–H groups in total. The summed E-state index contributed by atoms with van der Waals surface area (Å²) in [6.07, 6.45) is 1.37. The van der Waals surface area contributed by atoms with Gasteiger partial charge in [0.05, 0.1) is 24.7 Å². The van der Waals surface area contributed by atoms with Crippen LogP contribution in [0.5, 0.6) is 0 Å². The van der Waals surface area contributed by atoms with Crippen molar-refractivity contribution in [2.75, 3.05) is 39.4 Å². The Morgan fingerprint density at radius 1 is 1.19 bits per heavy atom. The van der Waals surface area contributed by atoms with Gasteiger partial charge in [-0.15, -0.1) is 0 Å². The highest BCUT2D eigenvalue weighted by Crippen LogP contribution is 2.36. The second kappa shape index (κ2) is 8.60. The molecule has 0 aromatic heterocycles. The fourth-order valence-electron chi connectivity index (χ4n) is 3.61. The van der Waals surface area contributed by atoms with Gasteiger partial charge in [0.25, 0.3) is 0 Å². The Hall–Kier alpha value is -1.61. The molecule has 0 amide bonds. The van der Waals surface area contributed by atoms with Crippen LogP contribution in [-0.2, 0) is 25.3 Å². The molecule has 7 nitrogen and oxygen atoms in total. The number of rotatable bonds is 6. The van der Waals surface area contributed by atoms with Gasteiger partial charge in [0.2, 0.25) is 0 Å². The number of likely N-dealkylation sites (tertiary alicyclic amines) is 1. The fraction of sp³-hybridized carbons (Fsp3) is 0.579. The summed E-state index contributed by atoms with van der Waals surface area (Å²) < 4.78 is 26.1. The largest absolute Gasteiger partial charge is 0.465 e. The van der Waals surface area contributed by atoms with Crippen LogP contribution >= 0.6 is 0 Å². The van der Waals surface area contributed by atoms with Crippen LogP contribution < -0.4 is 0 Å². The lowest BCUT2D eigenvalue weighted by molar-refractivity contribution is -0.146. The van der Waals surface area contributed by atoms with Crippen molar-refractivity contribution in [1.29, 1.82) is 0 Å². The summed E-state index contributed by atoms with van der Waals surface area (Å²) in [6, 6.07) is 6.91. The minimum Gasteiger partial charge on any atom is -0.465 e. The van der Waals surface area contributed by atoms with E-state index in [1.54, 1.807) is 31.2 Å². The molecular weight excluding hydrogens is 368 g/mol. The molecular formula is C19H26N2O5S. The predicted molar refractivity (Wildman–Crippen MR) is 101 cm³/mol.